The van der Waals surface area contributed by atoms with Crippen LogP contribution in [0.1, 0.15) is 30.4 Å². The van der Waals surface area contributed by atoms with Crippen molar-refractivity contribution >= 4 is 15.7 Å². The highest BCUT2D eigenvalue weighted by Crippen LogP contribution is 2.26. The van der Waals surface area contributed by atoms with Gasteiger partial charge >= 0.3 is 0 Å². The smallest absolute Gasteiger partial charge is 0.261 e. The van der Waals surface area contributed by atoms with Crippen LogP contribution in [0, 0.1) is 11.7 Å². The average molecular weight is 435 g/mol. The molecule has 0 spiro atoms. The Morgan fingerprint density at radius 3 is 2.77 bits per heavy atom. The molecule has 4 rings (SSSR count). The molecule has 0 saturated carbocycles. The summed E-state index contributed by atoms with van der Waals surface area (Å²) in [5, 5.41) is 3.25. The van der Waals surface area contributed by atoms with Crippen LogP contribution in [0.3, 0.4) is 0 Å². The SMILES string of the molecule is O=S(=O)(Nc1ccc(OCCC2CCOCC2)cc1F)c1ccc2c(c1)CCNC2. The van der Waals surface area contributed by atoms with Gasteiger partial charge in [-0.3, -0.25) is 4.72 Å². The van der Waals surface area contributed by atoms with Crippen LogP contribution < -0.4 is 14.8 Å². The molecule has 2 aliphatic heterocycles. The zero-order chi connectivity index (χ0) is 21.0. The molecule has 0 amide bonds. The van der Waals surface area contributed by atoms with E-state index in [0.29, 0.717) is 18.3 Å². The van der Waals surface area contributed by atoms with Crippen molar-refractivity contribution in [3.05, 3.63) is 53.3 Å². The third kappa shape index (κ3) is 5.11. The van der Waals surface area contributed by atoms with Gasteiger partial charge in [0.2, 0.25) is 0 Å². The summed E-state index contributed by atoms with van der Waals surface area (Å²) in [6.07, 6.45) is 3.72. The molecule has 0 unspecified atom stereocenters. The first kappa shape index (κ1) is 21.1. The van der Waals surface area contributed by atoms with Crippen molar-refractivity contribution in [3.63, 3.8) is 0 Å². The minimum Gasteiger partial charge on any atom is -0.493 e. The summed E-state index contributed by atoms with van der Waals surface area (Å²) in [6.45, 7) is 3.62. The highest BCUT2D eigenvalue weighted by atomic mass is 32.2. The van der Waals surface area contributed by atoms with E-state index in [-0.39, 0.29) is 10.6 Å². The fraction of sp³-hybridized carbons (Fsp3) is 0.455. The summed E-state index contributed by atoms with van der Waals surface area (Å²) in [6, 6.07) is 9.24. The Balaban J connectivity index is 1.39. The van der Waals surface area contributed by atoms with Crippen molar-refractivity contribution in [2.75, 3.05) is 31.1 Å². The van der Waals surface area contributed by atoms with Crippen LogP contribution in [0.25, 0.3) is 0 Å². The fourth-order valence-electron chi connectivity index (χ4n) is 3.87. The molecule has 2 aromatic rings. The maximum atomic E-state index is 14.5. The monoisotopic (exact) mass is 434 g/mol. The minimum atomic E-state index is -3.88. The van der Waals surface area contributed by atoms with Crippen molar-refractivity contribution in [1.29, 1.82) is 0 Å². The molecule has 162 valence electrons. The van der Waals surface area contributed by atoms with E-state index in [1.807, 2.05) is 6.07 Å². The zero-order valence-corrected chi connectivity index (χ0v) is 17.6. The van der Waals surface area contributed by atoms with Crippen molar-refractivity contribution < 1.29 is 22.3 Å². The lowest BCUT2D eigenvalue weighted by Crippen LogP contribution is -2.24. The second kappa shape index (κ2) is 9.32. The quantitative estimate of drug-likeness (QED) is 0.698. The number of nitrogens with one attached hydrogen (secondary N) is 2. The highest BCUT2D eigenvalue weighted by molar-refractivity contribution is 7.92. The molecule has 0 radical (unpaired) electrons. The normalized spacial score (nSPS) is 17.4. The van der Waals surface area contributed by atoms with Crippen molar-refractivity contribution in [2.45, 2.75) is 37.1 Å². The van der Waals surface area contributed by atoms with E-state index in [2.05, 4.69) is 10.0 Å². The Bertz CT molecular complexity index is 991. The molecular formula is C22H27FN2O4S. The van der Waals surface area contributed by atoms with Gasteiger partial charge in [-0.2, -0.15) is 0 Å². The van der Waals surface area contributed by atoms with E-state index in [1.165, 1.54) is 12.1 Å². The number of hydrogen-bond donors (Lipinski definition) is 2. The molecule has 1 fully saturated rings. The molecule has 30 heavy (non-hydrogen) atoms. The number of ether oxygens (including phenoxy) is 2. The van der Waals surface area contributed by atoms with Crippen LogP contribution in [0.5, 0.6) is 5.75 Å². The first-order chi connectivity index (χ1) is 14.5. The van der Waals surface area contributed by atoms with Crippen LogP contribution in [0.2, 0.25) is 0 Å². The molecule has 8 heteroatoms. The van der Waals surface area contributed by atoms with Gasteiger partial charge in [-0.1, -0.05) is 6.07 Å². The molecular weight excluding hydrogens is 407 g/mol. The predicted molar refractivity (Wildman–Crippen MR) is 113 cm³/mol. The van der Waals surface area contributed by atoms with E-state index in [0.717, 1.165) is 63.1 Å². The first-order valence-corrected chi connectivity index (χ1v) is 11.8. The van der Waals surface area contributed by atoms with Crippen LogP contribution >= 0.6 is 0 Å². The van der Waals surface area contributed by atoms with E-state index < -0.39 is 15.8 Å². The van der Waals surface area contributed by atoms with E-state index in [4.69, 9.17) is 9.47 Å². The maximum absolute atomic E-state index is 14.5. The van der Waals surface area contributed by atoms with Gasteiger partial charge in [0, 0.05) is 25.8 Å². The number of fused-ring (bicyclic) bond motifs is 1. The number of rotatable bonds is 7. The highest BCUT2D eigenvalue weighted by Gasteiger charge is 2.20. The number of benzene rings is 2. The summed E-state index contributed by atoms with van der Waals surface area (Å²) >= 11 is 0. The van der Waals surface area contributed by atoms with Crippen LogP contribution in [-0.2, 0) is 27.7 Å². The summed E-state index contributed by atoms with van der Waals surface area (Å²) in [7, 11) is -3.88. The third-order valence-electron chi connectivity index (χ3n) is 5.70. The minimum absolute atomic E-state index is 0.0915. The molecule has 1 saturated heterocycles. The van der Waals surface area contributed by atoms with Crippen molar-refractivity contribution in [1.82, 2.24) is 5.32 Å². The van der Waals surface area contributed by atoms with Crippen LogP contribution in [0.4, 0.5) is 10.1 Å². The summed E-state index contributed by atoms with van der Waals surface area (Å²) < 4.78 is 53.4. The third-order valence-corrected chi connectivity index (χ3v) is 7.06. The number of anilines is 1. The molecule has 6 nitrogen and oxygen atoms in total. The molecule has 0 atom stereocenters. The van der Waals surface area contributed by atoms with Crippen LogP contribution in [-0.4, -0.2) is 34.8 Å². The summed E-state index contributed by atoms with van der Waals surface area (Å²) in [4.78, 5) is 0.138. The second-order valence-corrected chi connectivity index (χ2v) is 9.48. The van der Waals surface area contributed by atoms with Gasteiger partial charge in [0.05, 0.1) is 17.2 Å². The Hall–Kier alpha value is -2.16. The lowest BCUT2D eigenvalue weighted by atomic mass is 9.97. The topological polar surface area (TPSA) is 76.7 Å². The van der Waals surface area contributed by atoms with Crippen LogP contribution in [0.15, 0.2) is 41.3 Å². The second-order valence-electron chi connectivity index (χ2n) is 7.80. The van der Waals surface area contributed by atoms with Gasteiger partial charge < -0.3 is 14.8 Å². The molecule has 2 N–H and O–H groups in total. The molecule has 2 aliphatic rings. The first-order valence-electron chi connectivity index (χ1n) is 10.4. The average Bonchev–Trinajstić information content (AvgIpc) is 2.76. The Labute approximate surface area is 176 Å². The van der Waals surface area contributed by atoms with Gasteiger partial charge in [-0.15, -0.1) is 0 Å². The molecule has 0 aromatic heterocycles. The number of sulfonamides is 1. The van der Waals surface area contributed by atoms with Gasteiger partial charge in [-0.25, -0.2) is 12.8 Å². The fourth-order valence-corrected chi connectivity index (χ4v) is 4.99. The lowest BCUT2D eigenvalue weighted by Gasteiger charge is -2.21. The lowest BCUT2D eigenvalue weighted by molar-refractivity contribution is 0.0593. The Morgan fingerprint density at radius 1 is 1.13 bits per heavy atom. The predicted octanol–water partition coefficient (Wildman–Crippen LogP) is 3.47. The van der Waals surface area contributed by atoms with E-state index >= 15 is 0 Å². The molecule has 0 bridgehead atoms. The van der Waals surface area contributed by atoms with Gasteiger partial charge in [-0.05, 0) is 73.5 Å². The zero-order valence-electron chi connectivity index (χ0n) is 16.8. The van der Waals surface area contributed by atoms with E-state index in [1.54, 1.807) is 18.2 Å². The molecule has 2 aromatic carbocycles. The maximum Gasteiger partial charge on any atom is 0.261 e. The van der Waals surface area contributed by atoms with Crippen molar-refractivity contribution in [2.24, 2.45) is 5.92 Å². The summed E-state index contributed by atoms with van der Waals surface area (Å²) in [5.41, 5.74) is 2.00. The Kier molecular flexibility index (Phi) is 6.55. The van der Waals surface area contributed by atoms with E-state index in [9.17, 15) is 12.8 Å². The van der Waals surface area contributed by atoms with Gasteiger partial charge in [0.1, 0.15) is 5.75 Å². The Morgan fingerprint density at radius 2 is 1.97 bits per heavy atom. The summed E-state index contributed by atoms with van der Waals surface area (Å²) in [5.74, 6) is 0.301. The van der Waals surface area contributed by atoms with Gasteiger partial charge in [0.15, 0.2) is 5.82 Å². The van der Waals surface area contributed by atoms with Gasteiger partial charge in [0.25, 0.3) is 10.0 Å². The van der Waals surface area contributed by atoms with Crippen molar-refractivity contribution in [3.8, 4) is 5.75 Å². The molecule has 0 aliphatic carbocycles. The molecule has 2 heterocycles. The number of halogens is 1. The number of hydrogen-bond acceptors (Lipinski definition) is 5. The largest absolute Gasteiger partial charge is 0.493 e. The standard InChI is InChI=1S/C22H27FN2O4S/c23-21-14-19(29-12-8-16-6-10-28-11-7-16)2-4-22(21)25-30(26,27)20-3-1-18-15-24-9-5-17(18)13-20/h1-4,13-14,16,24-25H,5-12,15H2.